The Morgan fingerprint density at radius 3 is 2.85 bits per heavy atom. The number of benzene rings is 1. The summed E-state index contributed by atoms with van der Waals surface area (Å²) >= 11 is 0. The summed E-state index contributed by atoms with van der Waals surface area (Å²) in [5.74, 6) is 0.587. The Kier molecular flexibility index (Phi) is 1.63. The van der Waals surface area contributed by atoms with Crippen molar-refractivity contribution in [2.75, 3.05) is 0 Å². The Bertz CT molecular complexity index is 335. The van der Waals surface area contributed by atoms with E-state index < -0.39 is 5.72 Å². The van der Waals surface area contributed by atoms with E-state index in [1.165, 1.54) is 6.92 Å². The summed E-state index contributed by atoms with van der Waals surface area (Å²) < 4.78 is 5.38. The molecule has 0 saturated carbocycles. The summed E-state index contributed by atoms with van der Waals surface area (Å²) in [6, 6.07) is 7.53. The van der Waals surface area contributed by atoms with Crippen LogP contribution in [0.25, 0.3) is 0 Å². The fourth-order valence-corrected chi connectivity index (χ4v) is 1.46. The molecule has 1 aromatic rings. The second-order valence-electron chi connectivity index (χ2n) is 3.33. The van der Waals surface area contributed by atoms with E-state index in [-0.39, 0.29) is 5.78 Å². The third-order valence-electron chi connectivity index (χ3n) is 2.31. The number of rotatable bonds is 1. The van der Waals surface area contributed by atoms with Crippen molar-refractivity contribution in [2.45, 2.75) is 19.1 Å². The first kappa shape index (κ1) is 8.26. The van der Waals surface area contributed by atoms with E-state index in [0.717, 1.165) is 11.3 Å². The molecule has 0 saturated heterocycles. The summed E-state index contributed by atoms with van der Waals surface area (Å²) in [6.07, 6.45) is 0.471. The van der Waals surface area contributed by atoms with Gasteiger partial charge in [-0.15, -0.1) is 0 Å². The van der Waals surface area contributed by atoms with Crippen molar-refractivity contribution in [3.8, 4) is 5.75 Å². The number of nitrogens with two attached hydrogens (primary N) is 1. The minimum atomic E-state index is -1.14. The van der Waals surface area contributed by atoms with E-state index in [0.29, 0.717) is 6.42 Å². The van der Waals surface area contributed by atoms with Crippen LogP contribution in [0.15, 0.2) is 24.3 Å². The third kappa shape index (κ3) is 1.21. The lowest BCUT2D eigenvalue weighted by Gasteiger charge is -2.19. The molecule has 1 aromatic carbocycles. The molecular formula is C10H11NO2. The van der Waals surface area contributed by atoms with Crippen LogP contribution in [-0.4, -0.2) is 11.5 Å². The molecule has 2 N–H and O–H groups in total. The van der Waals surface area contributed by atoms with Crippen molar-refractivity contribution in [3.63, 3.8) is 0 Å². The zero-order valence-corrected chi connectivity index (χ0v) is 7.41. The molecule has 0 radical (unpaired) electrons. The average molecular weight is 177 g/mol. The Labute approximate surface area is 76.5 Å². The van der Waals surface area contributed by atoms with Crippen LogP contribution in [0.5, 0.6) is 5.75 Å². The monoisotopic (exact) mass is 177 g/mol. The maximum Gasteiger partial charge on any atom is 0.221 e. The molecule has 1 heterocycles. The second-order valence-corrected chi connectivity index (χ2v) is 3.33. The quantitative estimate of drug-likeness (QED) is 0.692. The molecule has 0 fully saturated rings. The first-order valence-electron chi connectivity index (χ1n) is 4.19. The minimum Gasteiger partial charge on any atom is -0.465 e. The van der Waals surface area contributed by atoms with Crippen molar-refractivity contribution in [1.82, 2.24) is 0 Å². The normalized spacial score (nSPS) is 25.1. The smallest absolute Gasteiger partial charge is 0.221 e. The van der Waals surface area contributed by atoms with Gasteiger partial charge in [0.25, 0.3) is 0 Å². The third-order valence-corrected chi connectivity index (χ3v) is 2.31. The number of ether oxygens (including phenoxy) is 1. The van der Waals surface area contributed by atoms with Gasteiger partial charge in [-0.1, -0.05) is 18.2 Å². The number of carbonyl (C=O) groups excluding carboxylic acids is 1. The van der Waals surface area contributed by atoms with Crippen LogP contribution in [0.2, 0.25) is 0 Å². The first-order valence-corrected chi connectivity index (χ1v) is 4.19. The van der Waals surface area contributed by atoms with Gasteiger partial charge in [0.1, 0.15) is 5.75 Å². The molecular weight excluding hydrogens is 166 g/mol. The summed E-state index contributed by atoms with van der Waals surface area (Å²) in [4.78, 5) is 11.2. The van der Waals surface area contributed by atoms with Gasteiger partial charge in [-0.3, -0.25) is 10.5 Å². The number of hydrogen-bond donors (Lipinski definition) is 1. The van der Waals surface area contributed by atoms with Crippen LogP contribution in [0.4, 0.5) is 0 Å². The van der Waals surface area contributed by atoms with Gasteiger partial charge in [-0.2, -0.15) is 0 Å². The van der Waals surface area contributed by atoms with E-state index in [9.17, 15) is 4.79 Å². The molecule has 2 rings (SSSR count). The Hall–Kier alpha value is -1.35. The van der Waals surface area contributed by atoms with Crippen LogP contribution in [0.3, 0.4) is 0 Å². The van der Waals surface area contributed by atoms with Gasteiger partial charge in [0.05, 0.1) is 0 Å². The molecule has 0 amide bonds. The number of carbonyl (C=O) groups is 1. The van der Waals surface area contributed by atoms with E-state index in [2.05, 4.69) is 0 Å². The average Bonchev–Trinajstić information content (AvgIpc) is 2.42. The predicted octanol–water partition coefficient (Wildman–Crippen LogP) is 0.865. The SMILES string of the molecule is CC(=O)[C@@]1(N)Cc2ccccc2O1. The van der Waals surface area contributed by atoms with E-state index in [4.69, 9.17) is 10.5 Å². The summed E-state index contributed by atoms with van der Waals surface area (Å²) in [5.41, 5.74) is 5.65. The molecule has 13 heavy (non-hydrogen) atoms. The van der Waals surface area contributed by atoms with Gasteiger partial charge >= 0.3 is 0 Å². The van der Waals surface area contributed by atoms with Gasteiger partial charge < -0.3 is 4.74 Å². The maximum absolute atomic E-state index is 11.2. The minimum absolute atomic E-state index is 0.135. The Morgan fingerprint density at radius 1 is 1.54 bits per heavy atom. The zero-order valence-electron chi connectivity index (χ0n) is 7.41. The van der Waals surface area contributed by atoms with Crippen molar-refractivity contribution in [3.05, 3.63) is 29.8 Å². The molecule has 3 nitrogen and oxygen atoms in total. The highest BCUT2D eigenvalue weighted by atomic mass is 16.5. The molecule has 1 atom stereocenters. The molecule has 0 aliphatic carbocycles. The predicted molar refractivity (Wildman–Crippen MR) is 48.4 cm³/mol. The van der Waals surface area contributed by atoms with Gasteiger partial charge in [0.15, 0.2) is 5.78 Å². The van der Waals surface area contributed by atoms with E-state index >= 15 is 0 Å². The molecule has 1 aliphatic heterocycles. The first-order chi connectivity index (χ1) is 6.12. The van der Waals surface area contributed by atoms with Crippen LogP contribution < -0.4 is 10.5 Å². The van der Waals surface area contributed by atoms with Gasteiger partial charge in [0.2, 0.25) is 5.72 Å². The highest BCUT2D eigenvalue weighted by Crippen LogP contribution is 2.32. The van der Waals surface area contributed by atoms with Gasteiger partial charge in [-0.25, -0.2) is 0 Å². The lowest BCUT2D eigenvalue weighted by molar-refractivity contribution is -0.130. The lowest BCUT2D eigenvalue weighted by atomic mass is 10.0. The van der Waals surface area contributed by atoms with E-state index in [1.54, 1.807) is 0 Å². The fraction of sp³-hybridized carbons (Fsp3) is 0.300. The number of ketones is 1. The summed E-state index contributed by atoms with van der Waals surface area (Å²) in [5, 5.41) is 0. The van der Waals surface area contributed by atoms with Crippen molar-refractivity contribution < 1.29 is 9.53 Å². The molecule has 3 heteroatoms. The standard InChI is InChI=1S/C10H11NO2/c1-7(12)10(11)6-8-4-2-3-5-9(8)13-10/h2-5H,6,11H2,1H3/t10-/m1/s1. The van der Waals surface area contributed by atoms with Crippen molar-refractivity contribution in [2.24, 2.45) is 5.73 Å². The summed E-state index contributed by atoms with van der Waals surface area (Å²) in [7, 11) is 0. The van der Waals surface area contributed by atoms with Crippen LogP contribution in [-0.2, 0) is 11.2 Å². The molecule has 68 valence electrons. The summed E-state index contributed by atoms with van der Waals surface area (Å²) in [6.45, 7) is 1.45. The van der Waals surface area contributed by atoms with Crippen molar-refractivity contribution >= 4 is 5.78 Å². The molecule has 0 spiro atoms. The number of Topliss-reactive ketones (excluding diaryl/α,β-unsaturated/α-hetero) is 1. The molecule has 0 bridgehead atoms. The fourth-order valence-electron chi connectivity index (χ4n) is 1.46. The van der Waals surface area contributed by atoms with Crippen LogP contribution in [0.1, 0.15) is 12.5 Å². The lowest BCUT2D eigenvalue weighted by Crippen LogP contribution is -2.51. The number of fused-ring (bicyclic) bond motifs is 1. The Balaban J connectivity index is 2.37. The topological polar surface area (TPSA) is 52.3 Å². The van der Waals surface area contributed by atoms with Crippen molar-refractivity contribution in [1.29, 1.82) is 0 Å². The highest BCUT2D eigenvalue weighted by Gasteiger charge is 2.39. The second kappa shape index (κ2) is 2.57. The highest BCUT2D eigenvalue weighted by molar-refractivity contribution is 5.86. The van der Waals surface area contributed by atoms with Crippen LogP contribution >= 0.6 is 0 Å². The zero-order chi connectivity index (χ0) is 9.47. The van der Waals surface area contributed by atoms with Gasteiger partial charge in [-0.05, 0) is 6.07 Å². The molecule has 1 aliphatic rings. The Morgan fingerprint density at radius 2 is 2.23 bits per heavy atom. The number of hydrogen-bond acceptors (Lipinski definition) is 3. The molecule has 0 aromatic heterocycles. The van der Waals surface area contributed by atoms with Crippen LogP contribution in [0, 0.1) is 0 Å². The van der Waals surface area contributed by atoms with E-state index in [1.807, 2.05) is 24.3 Å². The van der Waals surface area contributed by atoms with Gasteiger partial charge in [0, 0.05) is 18.9 Å². The maximum atomic E-state index is 11.2. The number of para-hydroxylation sites is 1. The largest absolute Gasteiger partial charge is 0.465 e. The molecule has 0 unspecified atom stereocenters.